The van der Waals surface area contributed by atoms with Gasteiger partial charge in [-0.1, -0.05) is 0 Å². The van der Waals surface area contributed by atoms with Crippen molar-refractivity contribution in [1.29, 1.82) is 0 Å². The Morgan fingerprint density at radius 1 is 1.10 bits per heavy atom. The molecule has 1 heterocycles. The molecule has 3 rings (SSSR count). The molecule has 0 amide bonds. The number of hydrogen-bond donors (Lipinski definition) is 2. The number of carbonyl (C=O) groups excluding carboxylic acids is 1. The Balaban J connectivity index is 1.86. The maximum atomic E-state index is 12.1. The minimum Gasteiger partial charge on any atom is -0.454 e. The molecule has 0 aliphatic carbocycles. The van der Waals surface area contributed by atoms with E-state index in [0.717, 1.165) is 0 Å². The van der Waals surface area contributed by atoms with Crippen LogP contribution in [0.25, 0.3) is 0 Å². The number of anilines is 2. The highest BCUT2D eigenvalue weighted by molar-refractivity contribution is 9.10. The molecular weight excluding hydrogens is 340 g/mol. The highest BCUT2D eigenvalue weighted by atomic mass is 79.9. The summed E-state index contributed by atoms with van der Waals surface area (Å²) in [6.45, 7) is 0.146. The Labute approximate surface area is 128 Å². The third-order valence-electron chi connectivity index (χ3n) is 2.95. The zero-order chi connectivity index (χ0) is 15.0. The molecule has 1 aliphatic heterocycles. The molecular formula is C14H11BrN2O4. The van der Waals surface area contributed by atoms with Gasteiger partial charge in [-0.05, 0) is 34.1 Å². The fraction of sp³-hybridized carbons (Fsp3) is 0.0714. The van der Waals surface area contributed by atoms with Crippen molar-refractivity contribution in [1.82, 2.24) is 0 Å². The van der Waals surface area contributed by atoms with E-state index in [1.807, 2.05) is 0 Å². The molecule has 0 fully saturated rings. The molecule has 0 aromatic heterocycles. The lowest BCUT2D eigenvalue weighted by atomic mass is 10.2. The molecule has 0 bridgehead atoms. The summed E-state index contributed by atoms with van der Waals surface area (Å²) >= 11 is 3.32. The largest absolute Gasteiger partial charge is 0.454 e. The van der Waals surface area contributed by atoms with Crippen molar-refractivity contribution in [2.24, 2.45) is 0 Å². The van der Waals surface area contributed by atoms with Gasteiger partial charge in [0.25, 0.3) is 0 Å². The van der Waals surface area contributed by atoms with Crippen molar-refractivity contribution in [3.8, 4) is 17.2 Å². The Hall–Kier alpha value is -2.41. The minimum atomic E-state index is -0.540. The average molecular weight is 351 g/mol. The molecule has 0 atom stereocenters. The van der Waals surface area contributed by atoms with Crippen LogP contribution in [-0.4, -0.2) is 12.8 Å². The van der Waals surface area contributed by atoms with Crippen molar-refractivity contribution in [2.45, 2.75) is 0 Å². The van der Waals surface area contributed by atoms with Crippen LogP contribution < -0.4 is 25.7 Å². The summed E-state index contributed by atoms with van der Waals surface area (Å²) in [5.74, 6) is 0.914. The van der Waals surface area contributed by atoms with E-state index in [1.165, 1.54) is 6.07 Å². The number of ether oxygens (including phenoxy) is 3. The molecule has 2 aromatic rings. The first-order valence-corrected chi connectivity index (χ1v) is 6.80. The normalized spacial score (nSPS) is 12.2. The van der Waals surface area contributed by atoms with Crippen molar-refractivity contribution in [2.75, 3.05) is 18.3 Å². The number of fused-ring (bicyclic) bond motifs is 1. The van der Waals surface area contributed by atoms with Gasteiger partial charge in [0.15, 0.2) is 11.5 Å². The highest BCUT2D eigenvalue weighted by Crippen LogP contribution is 2.40. The van der Waals surface area contributed by atoms with Gasteiger partial charge in [0.1, 0.15) is 5.75 Å². The molecule has 4 N–H and O–H groups in total. The lowest BCUT2D eigenvalue weighted by molar-refractivity contribution is 0.0733. The molecule has 0 spiro atoms. The molecule has 21 heavy (non-hydrogen) atoms. The summed E-state index contributed by atoms with van der Waals surface area (Å²) in [6, 6.07) is 7.85. The highest BCUT2D eigenvalue weighted by Gasteiger charge is 2.19. The predicted octanol–water partition coefficient (Wildman–Crippen LogP) is 2.56. The van der Waals surface area contributed by atoms with E-state index in [0.29, 0.717) is 38.7 Å². The maximum absolute atomic E-state index is 12.1. The van der Waals surface area contributed by atoms with Gasteiger partial charge >= 0.3 is 5.97 Å². The van der Waals surface area contributed by atoms with Gasteiger partial charge in [-0.2, -0.15) is 0 Å². The fourth-order valence-corrected chi connectivity index (χ4v) is 2.24. The molecule has 0 radical (unpaired) electrons. The summed E-state index contributed by atoms with van der Waals surface area (Å²) in [4.78, 5) is 12.1. The third kappa shape index (κ3) is 2.59. The Morgan fingerprint density at radius 3 is 2.52 bits per heavy atom. The van der Waals surface area contributed by atoms with Gasteiger partial charge in [0.05, 0.1) is 21.4 Å². The smallest absolute Gasteiger partial charge is 0.343 e. The molecule has 108 valence electrons. The van der Waals surface area contributed by atoms with Crippen molar-refractivity contribution >= 4 is 33.3 Å². The number of esters is 1. The minimum absolute atomic E-state index is 0.146. The van der Waals surface area contributed by atoms with Crippen LogP contribution in [0.3, 0.4) is 0 Å². The van der Waals surface area contributed by atoms with E-state index < -0.39 is 5.97 Å². The number of nitrogen functional groups attached to an aromatic ring is 2. The van der Waals surface area contributed by atoms with Gasteiger partial charge in [-0.15, -0.1) is 0 Å². The van der Waals surface area contributed by atoms with E-state index in [9.17, 15) is 4.79 Å². The Morgan fingerprint density at radius 2 is 1.81 bits per heavy atom. The number of carbonyl (C=O) groups is 1. The van der Waals surface area contributed by atoms with Crippen LogP contribution in [0, 0.1) is 0 Å². The zero-order valence-electron chi connectivity index (χ0n) is 10.8. The van der Waals surface area contributed by atoms with Crippen LogP contribution in [0.5, 0.6) is 17.2 Å². The van der Waals surface area contributed by atoms with E-state index >= 15 is 0 Å². The Bertz CT molecular complexity index is 733. The van der Waals surface area contributed by atoms with E-state index in [4.69, 9.17) is 25.7 Å². The van der Waals surface area contributed by atoms with Crippen molar-refractivity contribution in [3.05, 3.63) is 40.4 Å². The van der Waals surface area contributed by atoms with Crippen molar-refractivity contribution < 1.29 is 19.0 Å². The summed E-state index contributed by atoms with van der Waals surface area (Å²) in [5.41, 5.74) is 12.3. The number of halogens is 1. The van der Waals surface area contributed by atoms with Crippen LogP contribution in [0.2, 0.25) is 0 Å². The second-order valence-corrected chi connectivity index (χ2v) is 5.22. The lowest BCUT2D eigenvalue weighted by Gasteiger charge is -2.08. The first kappa shape index (κ1) is 13.6. The SMILES string of the molecule is Nc1ccc(C(=O)Oc2cc3c(cc2Br)OCO3)cc1N. The van der Waals surface area contributed by atoms with Crippen molar-refractivity contribution in [3.63, 3.8) is 0 Å². The summed E-state index contributed by atoms with van der Waals surface area (Å²) in [6.07, 6.45) is 0. The molecule has 6 nitrogen and oxygen atoms in total. The lowest BCUT2D eigenvalue weighted by Crippen LogP contribution is -2.10. The molecule has 7 heteroatoms. The second kappa shape index (κ2) is 5.17. The third-order valence-corrected chi connectivity index (χ3v) is 3.57. The predicted molar refractivity (Wildman–Crippen MR) is 80.5 cm³/mol. The number of rotatable bonds is 2. The van der Waals surface area contributed by atoms with Gasteiger partial charge in [0.2, 0.25) is 6.79 Å². The van der Waals surface area contributed by atoms with Crippen LogP contribution in [-0.2, 0) is 0 Å². The topological polar surface area (TPSA) is 96.8 Å². The summed E-state index contributed by atoms with van der Waals surface area (Å²) < 4.78 is 16.4. The molecule has 0 saturated carbocycles. The van der Waals surface area contributed by atoms with Gasteiger partial charge < -0.3 is 25.7 Å². The first-order chi connectivity index (χ1) is 10.0. The molecule has 2 aromatic carbocycles. The number of benzene rings is 2. The first-order valence-electron chi connectivity index (χ1n) is 6.01. The monoisotopic (exact) mass is 350 g/mol. The number of nitrogens with two attached hydrogens (primary N) is 2. The van der Waals surface area contributed by atoms with E-state index in [-0.39, 0.29) is 6.79 Å². The molecule has 0 unspecified atom stereocenters. The van der Waals surface area contributed by atoms with Gasteiger partial charge in [-0.25, -0.2) is 4.79 Å². The van der Waals surface area contributed by atoms with Crippen LogP contribution in [0.1, 0.15) is 10.4 Å². The van der Waals surface area contributed by atoms with Gasteiger partial charge in [-0.3, -0.25) is 0 Å². The maximum Gasteiger partial charge on any atom is 0.343 e. The summed E-state index contributed by atoms with van der Waals surface area (Å²) in [7, 11) is 0. The van der Waals surface area contributed by atoms with Crippen LogP contribution in [0.15, 0.2) is 34.8 Å². The molecule has 1 aliphatic rings. The standard InChI is InChI=1S/C14H11BrN2O4/c15-8-4-12-13(20-6-19-12)5-11(8)21-14(18)7-1-2-9(16)10(17)3-7/h1-5H,6,16-17H2. The number of hydrogen-bond acceptors (Lipinski definition) is 6. The van der Waals surface area contributed by atoms with E-state index in [1.54, 1.807) is 24.3 Å². The quantitative estimate of drug-likeness (QED) is 0.490. The summed E-state index contributed by atoms with van der Waals surface area (Å²) in [5, 5.41) is 0. The fourth-order valence-electron chi connectivity index (χ4n) is 1.84. The molecule has 0 saturated heterocycles. The van der Waals surface area contributed by atoms with Crippen LogP contribution >= 0.6 is 15.9 Å². The second-order valence-electron chi connectivity index (χ2n) is 4.37. The Kier molecular flexibility index (Phi) is 3.34. The van der Waals surface area contributed by atoms with Crippen LogP contribution in [0.4, 0.5) is 11.4 Å². The average Bonchev–Trinajstić information content (AvgIpc) is 2.89. The van der Waals surface area contributed by atoms with E-state index in [2.05, 4.69) is 15.9 Å². The van der Waals surface area contributed by atoms with Gasteiger partial charge in [0, 0.05) is 12.1 Å². The zero-order valence-corrected chi connectivity index (χ0v) is 12.3.